The molecule has 1 aliphatic rings. The van der Waals surface area contributed by atoms with Gasteiger partial charge in [0.1, 0.15) is 35.0 Å². The van der Waals surface area contributed by atoms with Crippen molar-refractivity contribution < 1.29 is 23.4 Å². The third-order valence-corrected chi connectivity index (χ3v) is 6.66. The van der Waals surface area contributed by atoms with Gasteiger partial charge in [0.25, 0.3) is 5.91 Å². The quantitative estimate of drug-likeness (QED) is 0.392. The Kier molecular flexibility index (Phi) is 6.94. The topological polar surface area (TPSA) is 116 Å². The van der Waals surface area contributed by atoms with E-state index in [1.807, 2.05) is 23.1 Å². The van der Waals surface area contributed by atoms with Crippen LogP contribution < -0.4 is 9.64 Å². The summed E-state index contributed by atoms with van der Waals surface area (Å²) in [5.41, 5.74) is 4.55. The number of amides is 1. The van der Waals surface area contributed by atoms with Gasteiger partial charge in [0.05, 0.1) is 30.5 Å². The van der Waals surface area contributed by atoms with E-state index in [-0.39, 0.29) is 31.3 Å². The van der Waals surface area contributed by atoms with Crippen LogP contribution in [0.5, 0.6) is 5.75 Å². The van der Waals surface area contributed by atoms with E-state index < -0.39 is 6.17 Å². The van der Waals surface area contributed by atoms with Crippen LogP contribution >= 0.6 is 0 Å². The van der Waals surface area contributed by atoms with E-state index in [4.69, 9.17) is 14.3 Å². The number of ether oxygens (including phenoxy) is 1. The number of carbonyl (C=O) groups is 1. The number of hydrogen-bond acceptors (Lipinski definition) is 8. The molecule has 0 aliphatic carbocycles. The smallest absolute Gasteiger partial charge is 0.272 e. The number of fused-ring (bicyclic) bond motifs is 1. The predicted octanol–water partition coefficient (Wildman–Crippen LogP) is 4.05. The number of aliphatic hydroxyl groups excluding tert-OH is 1. The van der Waals surface area contributed by atoms with Crippen LogP contribution in [0.2, 0.25) is 0 Å². The number of furan rings is 1. The lowest BCUT2D eigenvalue weighted by Gasteiger charge is -2.19. The van der Waals surface area contributed by atoms with Gasteiger partial charge in [-0.15, -0.1) is 0 Å². The Hall–Kier alpha value is -4.49. The monoisotopic (exact) mass is 515 g/mol. The molecular weight excluding hydrogens is 489 g/mol. The van der Waals surface area contributed by atoms with Gasteiger partial charge in [-0.25, -0.2) is 4.39 Å². The van der Waals surface area contributed by atoms with E-state index in [9.17, 15) is 14.4 Å². The number of likely N-dealkylation sites (N-methyl/N-ethyl adjacent to an activating group) is 1. The lowest BCUT2D eigenvalue weighted by atomic mass is 10.0. The van der Waals surface area contributed by atoms with Gasteiger partial charge in [-0.05, 0) is 30.2 Å². The van der Waals surface area contributed by atoms with Crippen LogP contribution in [0.3, 0.4) is 0 Å². The number of alkyl halides is 1. The molecular formula is C28H26FN5O4. The number of anilines is 1. The molecule has 38 heavy (non-hydrogen) atoms. The van der Waals surface area contributed by atoms with Gasteiger partial charge in [-0.3, -0.25) is 14.8 Å². The van der Waals surface area contributed by atoms with E-state index in [0.29, 0.717) is 46.7 Å². The fourth-order valence-electron chi connectivity index (χ4n) is 4.66. The van der Waals surface area contributed by atoms with Crippen LogP contribution in [-0.4, -0.2) is 72.5 Å². The van der Waals surface area contributed by atoms with E-state index in [1.54, 1.807) is 25.4 Å². The van der Waals surface area contributed by atoms with Crippen molar-refractivity contribution in [3.05, 3.63) is 60.0 Å². The molecule has 1 N–H and O–H groups in total. The Balaban J connectivity index is 1.52. The van der Waals surface area contributed by atoms with Crippen molar-refractivity contribution in [3.63, 3.8) is 0 Å². The first-order valence-electron chi connectivity index (χ1n) is 12.2. The normalized spacial score (nSPS) is 15.0. The van der Waals surface area contributed by atoms with Gasteiger partial charge in [0.2, 0.25) is 0 Å². The summed E-state index contributed by atoms with van der Waals surface area (Å²) < 4.78 is 25.5. The number of methoxy groups -OCH3 is 1. The molecule has 1 saturated heterocycles. The Morgan fingerprint density at radius 1 is 1.29 bits per heavy atom. The first kappa shape index (κ1) is 25.2. The summed E-state index contributed by atoms with van der Waals surface area (Å²) in [5.74, 6) is 0.509. The van der Waals surface area contributed by atoms with Gasteiger partial charge < -0.3 is 24.1 Å². The number of hydrogen-bond donors (Lipinski definition) is 1. The van der Waals surface area contributed by atoms with Crippen molar-refractivity contribution >= 4 is 22.7 Å². The lowest BCUT2D eigenvalue weighted by Crippen LogP contribution is -2.30. The molecule has 3 aromatic heterocycles. The standard InChI is InChI=1S/C28H26FN5O4/c1-33(9-10-35)28(36)23-13-25(37-2)21(15-32-23)26-12-22-27(38-26)20(5-7-31-22)17-3-4-24(18(11-17)14-30)34-8-6-19(29)16-34/h3-5,7,11-13,15,19,35H,6,8-10,16H2,1-2H3/t19-/m0/s1. The maximum absolute atomic E-state index is 13.8. The minimum Gasteiger partial charge on any atom is -0.496 e. The van der Waals surface area contributed by atoms with E-state index >= 15 is 0 Å². The highest BCUT2D eigenvalue weighted by Gasteiger charge is 2.25. The number of aromatic nitrogens is 2. The van der Waals surface area contributed by atoms with Crippen LogP contribution in [0.1, 0.15) is 22.5 Å². The third-order valence-electron chi connectivity index (χ3n) is 6.66. The number of rotatable bonds is 7. The second kappa shape index (κ2) is 10.5. The minimum absolute atomic E-state index is 0.152. The number of benzene rings is 1. The fraction of sp³-hybridized carbons (Fsp3) is 0.286. The molecule has 1 amide bonds. The summed E-state index contributed by atoms with van der Waals surface area (Å²) >= 11 is 0. The molecule has 1 atom stereocenters. The first-order chi connectivity index (χ1) is 18.4. The Morgan fingerprint density at radius 2 is 2.13 bits per heavy atom. The molecule has 0 spiro atoms. The number of carbonyl (C=O) groups excluding carboxylic acids is 1. The maximum Gasteiger partial charge on any atom is 0.272 e. The molecule has 0 bridgehead atoms. The average molecular weight is 516 g/mol. The van der Waals surface area contributed by atoms with Gasteiger partial charge in [0, 0.05) is 56.8 Å². The highest BCUT2D eigenvalue weighted by atomic mass is 19.1. The molecule has 1 aromatic carbocycles. The molecule has 10 heteroatoms. The number of pyridine rings is 2. The predicted molar refractivity (Wildman–Crippen MR) is 140 cm³/mol. The first-order valence-corrected chi connectivity index (χ1v) is 12.2. The molecule has 0 radical (unpaired) electrons. The lowest BCUT2D eigenvalue weighted by molar-refractivity contribution is 0.0761. The summed E-state index contributed by atoms with van der Waals surface area (Å²) in [6.07, 6.45) is 2.74. The van der Waals surface area contributed by atoms with E-state index in [0.717, 1.165) is 16.8 Å². The summed E-state index contributed by atoms with van der Waals surface area (Å²) in [6, 6.07) is 12.9. The summed E-state index contributed by atoms with van der Waals surface area (Å²) in [4.78, 5) is 24.6. The number of nitriles is 1. The summed E-state index contributed by atoms with van der Waals surface area (Å²) in [6.45, 7) is 0.896. The van der Waals surface area contributed by atoms with Crippen molar-refractivity contribution in [2.24, 2.45) is 0 Å². The van der Waals surface area contributed by atoms with Crippen LogP contribution in [0.25, 0.3) is 33.6 Å². The zero-order valence-corrected chi connectivity index (χ0v) is 21.0. The average Bonchev–Trinajstić information content (AvgIpc) is 3.58. The maximum atomic E-state index is 13.8. The van der Waals surface area contributed by atoms with Crippen molar-refractivity contribution in [2.45, 2.75) is 12.6 Å². The number of nitrogens with zero attached hydrogens (tertiary/aromatic N) is 5. The number of halogens is 1. The molecule has 0 saturated carbocycles. The van der Waals surface area contributed by atoms with Crippen LogP contribution in [0, 0.1) is 11.3 Å². The molecule has 1 aliphatic heterocycles. The van der Waals surface area contributed by atoms with Crippen molar-refractivity contribution in [2.75, 3.05) is 45.3 Å². The van der Waals surface area contributed by atoms with E-state index in [2.05, 4.69) is 16.0 Å². The van der Waals surface area contributed by atoms with Gasteiger partial charge in [0.15, 0.2) is 5.58 Å². The fourth-order valence-corrected chi connectivity index (χ4v) is 4.66. The van der Waals surface area contributed by atoms with Gasteiger partial charge in [-0.1, -0.05) is 6.07 Å². The molecule has 9 nitrogen and oxygen atoms in total. The SMILES string of the molecule is COc1cc(C(=O)N(C)CCO)ncc1-c1cc2nccc(-c3ccc(N4CC[C@H](F)C4)c(C#N)c3)c2o1. The van der Waals surface area contributed by atoms with Crippen LogP contribution in [-0.2, 0) is 0 Å². The Bertz CT molecular complexity index is 1550. The number of aliphatic hydroxyl groups is 1. The van der Waals surface area contributed by atoms with Crippen LogP contribution in [0.15, 0.2) is 53.2 Å². The molecule has 194 valence electrons. The summed E-state index contributed by atoms with van der Waals surface area (Å²) in [7, 11) is 3.08. The molecule has 4 heterocycles. The highest BCUT2D eigenvalue weighted by Crippen LogP contribution is 2.38. The second-order valence-electron chi connectivity index (χ2n) is 9.08. The Morgan fingerprint density at radius 3 is 2.84 bits per heavy atom. The molecule has 0 unspecified atom stereocenters. The van der Waals surface area contributed by atoms with Crippen molar-refractivity contribution in [1.29, 1.82) is 5.26 Å². The zero-order valence-electron chi connectivity index (χ0n) is 21.0. The van der Waals surface area contributed by atoms with Crippen LogP contribution in [0.4, 0.5) is 10.1 Å². The zero-order chi connectivity index (χ0) is 26.8. The summed E-state index contributed by atoms with van der Waals surface area (Å²) in [5, 5.41) is 18.9. The van der Waals surface area contributed by atoms with Gasteiger partial charge in [-0.2, -0.15) is 5.26 Å². The minimum atomic E-state index is -0.886. The second-order valence-corrected chi connectivity index (χ2v) is 9.08. The van der Waals surface area contributed by atoms with Crippen molar-refractivity contribution in [1.82, 2.24) is 14.9 Å². The Labute approximate surface area is 218 Å². The highest BCUT2D eigenvalue weighted by molar-refractivity contribution is 5.95. The van der Waals surface area contributed by atoms with E-state index in [1.165, 1.54) is 24.3 Å². The van der Waals surface area contributed by atoms with Gasteiger partial charge >= 0.3 is 0 Å². The molecule has 1 fully saturated rings. The molecule has 5 rings (SSSR count). The largest absolute Gasteiger partial charge is 0.496 e. The van der Waals surface area contributed by atoms with Crippen molar-refractivity contribution in [3.8, 4) is 34.3 Å². The third kappa shape index (κ3) is 4.64. The molecule has 4 aromatic rings.